The molecule has 1 unspecified atom stereocenters. The van der Waals surface area contributed by atoms with Gasteiger partial charge >= 0.3 is 0 Å². The highest BCUT2D eigenvalue weighted by Crippen LogP contribution is 2.16. The first-order valence-corrected chi connectivity index (χ1v) is 4.94. The third-order valence-corrected chi connectivity index (χ3v) is 2.15. The Balaban J connectivity index is 2.76. The number of hydrogen-bond donors (Lipinski definition) is 1. The fraction of sp³-hybridized carbons (Fsp3) is 0.700. The van der Waals surface area contributed by atoms with Crippen molar-refractivity contribution >= 4 is 5.95 Å². The third-order valence-electron chi connectivity index (χ3n) is 2.15. The maximum absolute atomic E-state index is 4.28. The average Bonchev–Trinajstić information content (AvgIpc) is 2.50. The Kier molecular flexibility index (Phi) is 3.34. The van der Waals surface area contributed by atoms with Crippen LogP contribution in [0.1, 0.15) is 40.2 Å². The molecule has 0 aliphatic heterocycles. The van der Waals surface area contributed by atoms with Crippen LogP contribution in [0.25, 0.3) is 0 Å². The maximum atomic E-state index is 4.28. The Morgan fingerprint density at radius 1 is 1.46 bits per heavy atom. The number of hydrogen-bond acceptors (Lipinski definition) is 2. The highest BCUT2D eigenvalue weighted by atomic mass is 15.2. The molecule has 0 bridgehead atoms. The normalized spacial score (nSPS) is 13.3. The second kappa shape index (κ2) is 4.30. The van der Waals surface area contributed by atoms with Gasteiger partial charge < -0.3 is 9.88 Å². The number of aromatic nitrogens is 2. The van der Waals surface area contributed by atoms with Crippen LogP contribution >= 0.6 is 0 Å². The summed E-state index contributed by atoms with van der Waals surface area (Å²) in [5, 5.41) is 3.32. The van der Waals surface area contributed by atoms with Crippen molar-refractivity contribution in [3.05, 3.63) is 12.4 Å². The fourth-order valence-corrected chi connectivity index (χ4v) is 1.24. The van der Waals surface area contributed by atoms with Crippen molar-refractivity contribution in [3.63, 3.8) is 0 Å². The van der Waals surface area contributed by atoms with E-state index in [1.807, 2.05) is 12.4 Å². The molecule has 0 aliphatic rings. The van der Waals surface area contributed by atoms with Gasteiger partial charge in [-0.25, -0.2) is 4.98 Å². The van der Waals surface area contributed by atoms with E-state index in [1.54, 1.807) is 0 Å². The summed E-state index contributed by atoms with van der Waals surface area (Å²) in [6, 6.07) is 0.953. The molecule has 13 heavy (non-hydrogen) atoms. The van der Waals surface area contributed by atoms with Crippen molar-refractivity contribution in [2.75, 3.05) is 5.32 Å². The predicted octanol–water partition coefficient (Wildman–Crippen LogP) is 2.67. The molecule has 0 spiro atoms. The quantitative estimate of drug-likeness (QED) is 0.774. The average molecular weight is 181 g/mol. The van der Waals surface area contributed by atoms with Crippen molar-refractivity contribution in [2.45, 2.75) is 46.2 Å². The zero-order valence-electron chi connectivity index (χ0n) is 8.91. The summed E-state index contributed by atoms with van der Waals surface area (Å²) < 4.78 is 2.18. The van der Waals surface area contributed by atoms with Crippen molar-refractivity contribution < 1.29 is 0 Å². The number of nitrogens with one attached hydrogen (secondary N) is 1. The molecular formula is C10H19N3. The van der Waals surface area contributed by atoms with Crippen LogP contribution in [-0.2, 0) is 0 Å². The summed E-state index contributed by atoms with van der Waals surface area (Å²) in [5.41, 5.74) is 0. The van der Waals surface area contributed by atoms with Crippen LogP contribution in [0.2, 0.25) is 0 Å². The van der Waals surface area contributed by atoms with Crippen LogP contribution in [0.5, 0.6) is 0 Å². The predicted molar refractivity (Wildman–Crippen MR) is 56.0 cm³/mol. The van der Waals surface area contributed by atoms with E-state index in [0.717, 1.165) is 12.4 Å². The van der Waals surface area contributed by atoms with E-state index in [2.05, 4.69) is 42.6 Å². The summed E-state index contributed by atoms with van der Waals surface area (Å²) in [6.07, 6.45) is 5.00. The molecular weight excluding hydrogens is 162 g/mol. The number of imidazole rings is 1. The summed E-state index contributed by atoms with van der Waals surface area (Å²) in [4.78, 5) is 4.28. The minimum absolute atomic E-state index is 0.435. The molecule has 0 saturated heterocycles. The second-order valence-electron chi connectivity index (χ2n) is 3.71. The molecule has 3 heteroatoms. The first kappa shape index (κ1) is 10.1. The molecule has 1 heterocycles. The van der Waals surface area contributed by atoms with Gasteiger partial charge in [0.15, 0.2) is 0 Å². The van der Waals surface area contributed by atoms with E-state index in [-0.39, 0.29) is 0 Å². The maximum Gasteiger partial charge on any atom is 0.203 e. The lowest BCUT2D eigenvalue weighted by Gasteiger charge is -2.16. The van der Waals surface area contributed by atoms with Crippen LogP contribution in [-0.4, -0.2) is 15.6 Å². The molecule has 74 valence electrons. The Hall–Kier alpha value is -0.990. The standard InChI is InChI=1S/C10H19N3/c1-5-9(4)13-7-6-11-10(13)12-8(2)3/h6-9H,5H2,1-4H3,(H,11,12). The third kappa shape index (κ3) is 2.47. The summed E-state index contributed by atoms with van der Waals surface area (Å²) in [5.74, 6) is 0.976. The minimum atomic E-state index is 0.435. The minimum Gasteiger partial charge on any atom is -0.353 e. The van der Waals surface area contributed by atoms with Gasteiger partial charge in [0.1, 0.15) is 0 Å². The Bertz CT molecular complexity index is 252. The van der Waals surface area contributed by atoms with Gasteiger partial charge in [0.2, 0.25) is 5.95 Å². The van der Waals surface area contributed by atoms with Crippen LogP contribution < -0.4 is 5.32 Å². The number of rotatable bonds is 4. The van der Waals surface area contributed by atoms with Crippen molar-refractivity contribution in [3.8, 4) is 0 Å². The molecule has 0 radical (unpaired) electrons. The SMILES string of the molecule is CCC(C)n1ccnc1NC(C)C. The van der Waals surface area contributed by atoms with Crippen LogP contribution in [0.3, 0.4) is 0 Å². The highest BCUT2D eigenvalue weighted by molar-refractivity contribution is 5.27. The zero-order chi connectivity index (χ0) is 9.84. The molecule has 1 rings (SSSR count). The lowest BCUT2D eigenvalue weighted by molar-refractivity contribution is 0.533. The molecule has 1 aromatic rings. The molecule has 0 fully saturated rings. The van der Waals surface area contributed by atoms with E-state index < -0.39 is 0 Å². The van der Waals surface area contributed by atoms with Gasteiger partial charge in [0.05, 0.1) is 0 Å². The van der Waals surface area contributed by atoms with Crippen molar-refractivity contribution in [2.24, 2.45) is 0 Å². The Morgan fingerprint density at radius 3 is 2.69 bits per heavy atom. The van der Waals surface area contributed by atoms with E-state index in [9.17, 15) is 0 Å². The molecule has 0 aromatic carbocycles. The van der Waals surface area contributed by atoms with E-state index >= 15 is 0 Å². The van der Waals surface area contributed by atoms with Gasteiger partial charge in [-0.3, -0.25) is 0 Å². The zero-order valence-corrected chi connectivity index (χ0v) is 8.91. The summed E-state index contributed by atoms with van der Waals surface area (Å²) >= 11 is 0. The summed E-state index contributed by atoms with van der Waals surface area (Å²) in [7, 11) is 0. The fourth-order valence-electron chi connectivity index (χ4n) is 1.24. The van der Waals surface area contributed by atoms with E-state index in [1.165, 1.54) is 0 Å². The largest absolute Gasteiger partial charge is 0.353 e. The molecule has 0 aliphatic carbocycles. The van der Waals surface area contributed by atoms with Gasteiger partial charge in [-0.15, -0.1) is 0 Å². The van der Waals surface area contributed by atoms with Gasteiger partial charge in [-0.2, -0.15) is 0 Å². The van der Waals surface area contributed by atoms with Crippen LogP contribution in [0.4, 0.5) is 5.95 Å². The Labute approximate surface area is 80.2 Å². The molecule has 0 amide bonds. The number of anilines is 1. The van der Waals surface area contributed by atoms with E-state index in [4.69, 9.17) is 0 Å². The molecule has 0 saturated carbocycles. The molecule has 3 nitrogen and oxygen atoms in total. The molecule has 1 aromatic heterocycles. The van der Waals surface area contributed by atoms with Gasteiger partial charge in [-0.05, 0) is 27.2 Å². The summed E-state index contributed by atoms with van der Waals surface area (Å²) in [6.45, 7) is 8.63. The number of nitrogens with zero attached hydrogens (tertiary/aromatic N) is 2. The second-order valence-corrected chi connectivity index (χ2v) is 3.71. The van der Waals surface area contributed by atoms with Crippen LogP contribution in [0, 0.1) is 0 Å². The monoisotopic (exact) mass is 181 g/mol. The first-order chi connectivity index (χ1) is 6.15. The molecule has 1 N–H and O–H groups in total. The smallest absolute Gasteiger partial charge is 0.203 e. The lowest BCUT2D eigenvalue weighted by Crippen LogP contribution is -2.16. The van der Waals surface area contributed by atoms with Gasteiger partial charge in [0.25, 0.3) is 0 Å². The highest BCUT2D eigenvalue weighted by Gasteiger charge is 2.07. The van der Waals surface area contributed by atoms with Crippen molar-refractivity contribution in [1.82, 2.24) is 9.55 Å². The molecule has 1 atom stereocenters. The van der Waals surface area contributed by atoms with Crippen molar-refractivity contribution in [1.29, 1.82) is 0 Å². The lowest BCUT2D eigenvalue weighted by atomic mass is 10.2. The first-order valence-electron chi connectivity index (χ1n) is 4.94. The van der Waals surface area contributed by atoms with Crippen LogP contribution in [0.15, 0.2) is 12.4 Å². The van der Waals surface area contributed by atoms with Gasteiger partial charge in [-0.1, -0.05) is 6.92 Å². The van der Waals surface area contributed by atoms with Gasteiger partial charge in [0, 0.05) is 24.5 Å². The Morgan fingerprint density at radius 2 is 2.15 bits per heavy atom. The topological polar surface area (TPSA) is 29.9 Å². The van der Waals surface area contributed by atoms with E-state index in [0.29, 0.717) is 12.1 Å².